The molecule has 17 aromatic rings. The van der Waals surface area contributed by atoms with Crippen LogP contribution in [0.2, 0.25) is 0 Å². The quantitative estimate of drug-likeness (QED) is 0.0272. The third-order valence-corrected chi connectivity index (χ3v) is 31.1. The maximum absolute atomic E-state index is 11.0. The Morgan fingerprint density at radius 3 is 0.812 bits per heavy atom. The number of hydrogen-bond acceptors (Lipinski definition) is 12. The van der Waals surface area contributed by atoms with Crippen LogP contribution in [0.3, 0.4) is 0 Å². The summed E-state index contributed by atoms with van der Waals surface area (Å²) in [6, 6.07) is 130. The first-order valence-corrected chi connectivity index (χ1v) is 53.7. The van der Waals surface area contributed by atoms with Crippen LogP contribution in [0.25, 0.3) is 0 Å². The number of aromatic hydroxyl groups is 6. The summed E-state index contributed by atoms with van der Waals surface area (Å²) in [5.74, 6) is 2.33. The summed E-state index contributed by atoms with van der Waals surface area (Å²) in [6.07, 6.45) is 11.4. The molecule has 6 atom stereocenters. The monoisotopic (exact) mass is 2010 g/mol. The van der Waals surface area contributed by atoms with Crippen molar-refractivity contribution in [3.63, 3.8) is 0 Å². The van der Waals surface area contributed by atoms with Gasteiger partial charge in [-0.1, -0.05) is 417 Å². The first-order chi connectivity index (χ1) is 69.3. The summed E-state index contributed by atoms with van der Waals surface area (Å²) < 4.78 is 0. The van der Waals surface area contributed by atoms with E-state index in [1.165, 1.54) is 48.5 Å². The highest BCUT2D eigenvalue weighted by atomic mass is 31.1. The maximum Gasteiger partial charge on any atom is 0.127 e. The van der Waals surface area contributed by atoms with Crippen LogP contribution in [-0.2, 0) is 16.2 Å². The van der Waals surface area contributed by atoms with Crippen molar-refractivity contribution in [3.05, 3.63) is 472 Å². The molecule has 6 unspecified atom stereocenters. The molecule has 728 valence electrons. The summed E-state index contributed by atoms with van der Waals surface area (Å²) in [5.41, 5.74) is 19.6. The molecule has 0 bridgehead atoms. The number of aryl methyl sites for hydroxylation is 5. The van der Waals surface area contributed by atoms with Crippen molar-refractivity contribution in [2.24, 2.45) is 30.0 Å². The summed E-state index contributed by atoms with van der Waals surface area (Å²) >= 11 is 0. The fourth-order valence-corrected chi connectivity index (χ4v) is 22.6. The summed E-state index contributed by atoms with van der Waals surface area (Å²) in [4.78, 5) is 26.9. The Hall–Kier alpha value is -13.9. The second-order valence-corrected chi connectivity index (χ2v) is 45.5. The number of nitrogens with zero attached hydrogens (tertiary/aromatic N) is 6. The molecule has 0 amide bonds. The van der Waals surface area contributed by atoms with Crippen molar-refractivity contribution in [1.82, 2.24) is 0 Å². The van der Waals surface area contributed by atoms with Gasteiger partial charge in [-0.25, -0.2) is 0 Å². The van der Waals surface area contributed by atoms with E-state index in [9.17, 15) is 30.6 Å². The SMILES string of the molecule is CN=Cc1ccccc1Pc1cc(C(C)(C)C)cc(C(C)(C)C)c1O.Cc1cc(C)c(O)c(Pc2ccccc2C=Nc2ccccc2)c1.Cc1cc(Pc2ccccc2C=Nc2ccccc2)c(O)c(C(C)(C)C)c1.Cc1ccc(O)c(Pc2ccccc2C=Nc2ccccc2)c1.Cc1cccc(Pc2ccccc2C=Nc2ccccc2)c1O.Oc1ccccc1Pc1ccccc1C=Nc1ccccc1. The lowest BCUT2D eigenvalue weighted by Gasteiger charge is -2.27. The van der Waals surface area contributed by atoms with Crippen LogP contribution >= 0.6 is 51.5 Å². The lowest BCUT2D eigenvalue weighted by molar-refractivity contribution is 0.448. The molecule has 0 heterocycles. The van der Waals surface area contributed by atoms with Gasteiger partial charge in [0.05, 0.1) is 28.4 Å². The zero-order valence-electron chi connectivity index (χ0n) is 84.4. The van der Waals surface area contributed by atoms with Gasteiger partial charge >= 0.3 is 0 Å². The van der Waals surface area contributed by atoms with Gasteiger partial charge in [-0.05, 0) is 213 Å². The topological polar surface area (TPSA) is 196 Å². The Bertz CT molecular complexity index is 7190. The number of aliphatic imine (C=N–C) groups is 6. The van der Waals surface area contributed by atoms with E-state index < -0.39 is 0 Å². The molecule has 17 rings (SSSR count). The van der Waals surface area contributed by atoms with Crippen molar-refractivity contribution in [2.75, 3.05) is 7.05 Å². The molecule has 12 nitrogen and oxygen atoms in total. The number of para-hydroxylation sites is 7. The molecular formula is C126H128N6O6P6. The van der Waals surface area contributed by atoms with Gasteiger partial charge in [0, 0.05) is 115 Å². The molecule has 0 aliphatic rings. The standard InChI is InChI=1S/C24H26NOP.C22H30NOP.C21H20NOP.2C20H18NOP.C19H16NOP/c1-17-14-20(24(2,3)4)23(26)22(15-17)27-21-13-9-8-10-18(21)16-25-19-11-6-5-7-12-19;1-21(2,3)16-12-17(22(4,5)6)20(24)19(13-16)25-18-11-9-8-10-15(18)14-23-7;1-15-12-16(2)21(23)20(13-15)24-19-11-7-6-8-17(19)14-22-18-9-4-3-5-10-18;1-15-8-7-13-19(20(15)22)23-18-12-6-5-9-16(18)14-21-17-10-3-2-4-11-17;1-15-11-12-18(22)20(13-15)23-19-10-6-5-7-16(19)14-21-17-8-3-2-4-9-17;21-17-11-5-7-13-19(17)22-18-12-6-4-8-15(18)14-20-16-9-2-1-3-10-16/h5-16,26-27H,1-4H3;8-14,24-25H,1-7H3;3-14,23-24H,1-2H3;2*2-14,22-23H,1H3;1-14,21-22H. The summed E-state index contributed by atoms with van der Waals surface area (Å²) in [5, 5.41) is 75.4. The highest BCUT2D eigenvalue weighted by Crippen LogP contribution is 2.39. The molecule has 17 aromatic carbocycles. The molecule has 0 fully saturated rings. The van der Waals surface area contributed by atoms with E-state index in [2.05, 4.69) is 209 Å². The van der Waals surface area contributed by atoms with Crippen LogP contribution in [0.4, 0.5) is 28.4 Å². The third-order valence-electron chi connectivity index (χ3n) is 22.8. The molecule has 0 aliphatic heterocycles. The summed E-state index contributed by atoms with van der Waals surface area (Å²) in [7, 11) is 4.14. The van der Waals surface area contributed by atoms with Gasteiger partial charge in [-0.3, -0.25) is 30.0 Å². The van der Waals surface area contributed by atoms with Crippen LogP contribution in [-0.4, -0.2) is 75.0 Å². The molecular weight excluding hydrogens is 1880 g/mol. The second-order valence-electron chi connectivity index (χ2n) is 37.5. The van der Waals surface area contributed by atoms with Gasteiger partial charge in [0.2, 0.25) is 0 Å². The van der Waals surface area contributed by atoms with Gasteiger partial charge in [0.15, 0.2) is 0 Å². The third kappa shape index (κ3) is 33.6. The lowest BCUT2D eigenvalue weighted by Crippen LogP contribution is -2.21. The molecule has 18 heteroatoms. The predicted octanol–water partition coefficient (Wildman–Crippen LogP) is 26.4. The zero-order valence-corrected chi connectivity index (χ0v) is 90.4. The van der Waals surface area contributed by atoms with Gasteiger partial charge in [0.25, 0.3) is 0 Å². The van der Waals surface area contributed by atoms with E-state index in [1.54, 1.807) is 19.2 Å². The van der Waals surface area contributed by atoms with Gasteiger partial charge in [0.1, 0.15) is 34.5 Å². The van der Waals surface area contributed by atoms with E-state index in [1.807, 2.05) is 337 Å². The fourth-order valence-electron chi connectivity index (χ4n) is 15.0. The highest BCUT2D eigenvalue weighted by molar-refractivity contribution is 7.57. The highest BCUT2D eigenvalue weighted by Gasteiger charge is 2.27. The van der Waals surface area contributed by atoms with Crippen molar-refractivity contribution < 1.29 is 30.6 Å². The molecule has 0 saturated carbocycles. The fraction of sp³-hybridized carbons (Fsp3) is 0.143. The Balaban J connectivity index is 0.000000154. The summed E-state index contributed by atoms with van der Waals surface area (Å²) in [6.45, 7) is 29.6. The molecule has 6 N–H and O–H groups in total. The van der Waals surface area contributed by atoms with Gasteiger partial charge < -0.3 is 30.6 Å². The van der Waals surface area contributed by atoms with Crippen LogP contribution in [0.1, 0.15) is 140 Å². The minimum Gasteiger partial charge on any atom is -0.507 e. The van der Waals surface area contributed by atoms with E-state index in [0.29, 0.717) is 86.0 Å². The first-order valence-electron chi connectivity index (χ1n) is 47.7. The van der Waals surface area contributed by atoms with Crippen LogP contribution in [0.15, 0.2) is 424 Å². The van der Waals surface area contributed by atoms with Gasteiger partial charge in [-0.2, -0.15) is 0 Å². The van der Waals surface area contributed by atoms with E-state index in [-0.39, 0.29) is 16.2 Å². The molecule has 0 saturated heterocycles. The molecule has 144 heavy (non-hydrogen) atoms. The average molecular weight is 2010 g/mol. The zero-order chi connectivity index (χ0) is 103. The number of hydrogen-bond donors (Lipinski definition) is 6. The maximum atomic E-state index is 11.0. The predicted molar refractivity (Wildman–Crippen MR) is 635 cm³/mol. The van der Waals surface area contributed by atoms with E-state index >= 15 is 0 Å². The Kier molecular flexibility index (Phi) is 40.9. The normalized spacial score (nSPS) is 12.0. The smallest absolute Gasteiger partial charge is 0.127 e. The number of phenols is 6. The van der Waals surface area contributed by atoms with Crippen LogP contribution in [0.5, 0.6) is 34.5 Å². The minimum atomic E-state index is -0.102. The van der Waals surface area contributed by atoms with Crippen molar-refractivity contribution >= 4 is 181 Å². The number of rotatable bonds is 23. The molecule has 0 aliphatic carbocycles. The van der Waals surface area contributed by atoms with Crippen LogP contribution < -0.4 is 63.7 Å². The van der Waals surface area contributed by atoms with E-state index in [0.717, 1.165) is 121 Å². The molecule has 0 radical (unpaired) electrons. The Morgan fingerprint density at radius 1 is 0.201 bits per heavy atom. The Labute approximate surface area is 862 Å². The van der Waals surface area contributed by atoms with E-state index in [4.69, 9.17) is 0 Å². The number of benzene rings is 17. The number of phenolic OH excluding ortho intramolecular Hbond substituents is 6. The Morgan fingerprint density at radius 2 is 0.465 bits per heavy atom. The largest absolute Gasteiger partial charge is 0.507 e. The molecule has 0 aromatic heterocycles. The van der Waals surface area contributed by atoms with Crippen molar-refractivity contribution in [1.29, 1.82) is 0 Å². The van der Waals surface area contributed by atoms with Crippen molar-refractivity contribution in [3.8, 4) is 34.5 Å². The lowest BCUT2D eigenvalue weighted by atomic mass is 9.80. The van der Waals surface area contributed by atoms with Crippen LogP contribution in [0, 0.1) is 34.6 Å². The second kappa shape index (κ2) is 54.0. The average Bonchev–Trinajstić information content (AvgIpc) is 0.780. The first kappa shape index (κ1) is 109. The van der Waals surface area contributed by atoms with Gasteiger partial charge in [-0.15, -0.1) is 0 Å². The van der Waals surface area contributed by atoms with Crippen molar-refractivity contribution in [2.45, 2.75) is 113 Å². The minimum absolute atomic E-state index is 0.0390. The molecule has 0 spiro atoms.